The molecule has 0 aromatic heterocycles. The lowest BCUT2D eigenvalue weighted by Crippen LogP contribution is -3.07. The molecule has 2 unspecified atom stereocenters. The average molecular weight is 597 g/mol. The van der Waals surface area contributed by atoms with Gasteiger partial charge in [0.2, 0.25) is 0 Å². The molecule has 0 saturated heterocycles. The summed E-state index contributed by atoms with van der Waals surface area (Å²) < 4.78 is 20.8. The summed E-state index contributed by atoms with van der Waals surface area (Å²) in [4.78, 5) is 53.1. The van der Waals surface area contributed by atoms with E-state index in [1.54, 1.807) is 17.3 Å². The number of nitrogens with zero attached hydrogens (tertiary/aromatic N) is 2. The van der Waals surface area contributed by atoms with Crippen molar-refractivity contribution in [3.8, 4) is 0 Å². The van der Waals surface area contributed by atoms with E-state index in [2.05, 4.69) is 6.92 Å². The van der Waals surface area contributed by atoms with E-state index >= 15 is 0 Å². The van der Waals surface area contributed by atoms with Gasteiger partial charge in [0.15, 0.2) is 13.3 Å². The van der Waals surface area contributed by atoms with Gasteiger partial charge < -0.3 is 18.9 Å². The SMILES string of the molecule is CCCCCCCC(=O)OCCOC(=O)CCCCCC[NH+]1C=CN(C(=O)OCCCCOC(=O)N2C=C[NH+](C)C2)C1. The lowest BCUT2D eigenvalue weighted by molar-refractivity contribution is -0.848. The molecule has 0 aromatic rings. The molecule has 42 heavy (non-hydrogen) atoms. The molecule has 0 saturated carbocycles. The minimum Gasteiger partial charge on any atom is -0.462 e. The lowest BCUT2D eigenvalue weighted by atomic mass is 10.1. The molecule has 0 radical (unpaired) electrons. The van der Waals surface area contributed by atoms with Crippen molar-refractivity contribution in [3.63, 3.8) is 0 Å². The van der Waals surface area contributed by atoms with Gasteiger partial charge in [-0.05, 0) is 38.5 Å². The van der Waals surface area contributed by atoms with Crippen molar-refractivity contribution >= 4 is 24.1 Å². The van der Waals surface area contributed by atoms with Crippen LogP contribution in [0.4, 0.5) is 9.59 Å². The molecule has 2 N–H and O–H groups in total. The predicted molar refractivity (Wildman–Crippen MR) is 155 cm³/mol. The van der Waals surface area contributed by atoms with Crippen LogP contribution in [0.2, 0.25) is 0 Å². The Morgan fingerprint density at radius 2 is 1.14 bits per heavy atom. The quantitative estimate of drug-likeness (QED) is 0.118. The fraction of sp³-hybridized carbons (Fsp3) is 0.733. The number of carbonyl (C=O) groups excluding carboxylic acids is 4. The number of ether oxygens (including phenoxy) is 4. The zero-order valence-electron chi connectivity index (χ0n) is 25.6. The Balaban J connectivity index is 1.37. The van der Waals surface area contributed by atoms with Gasteiger partial charge in [0, 0.05) is 12.8 Å². The second kappa shape index (κ2) is 21.6. The highest BCUT2D eigenvalue weighted by Crippen LogP contribution is 2.07. The van der Waals surface area contributed by atoms with Crippen LogP contribution in [-0.2, 0) is 28.5 Å². The maximum absolute atomic E-state index is 12.3. The lowest BCUT2D eigenvalue weighted by Gasteiger charge is -2.16. The summed E-state index contributed by atoms with van der Waals surface area (Å²) in [5.74, 6) is -0.489. The summed E-state index contributed by atoms with van der Waals surface area (Å²) in [6.45, 7) is 4.94. The summed E-state index contributed by atoms with van der Waals surface area (Å²) in [6, 6.07) is 0. The molecular formula is C30H52N4O8+2. The number of carbonyl (C=O) groups is 4. The van der Waals surface area contributed by atoms with Crippen LogP contribution >= 0.6 is 0 Å². The van der Waals surface area contributed by atoms with Gasteiger partial charge >= 0.3 is 24.1 Å². The summed E-state index contributed by atoms with van der Waals surface area (Å²) >= 11 is 0. The van der Waals surface area contributed by atoms with Crippen molar-refractivity contribution < 1.29 is 47.9 Å². The predicted octanol–water partition coefficient (Wildman–Crippen LogP) is 2.33. The van der Waals surface area contributed by atoms with E-state index < -0.39 is 0 Å². The summed E-state index contributed by atoms with van der Waals surface area (Å²) in [5.41, 5.74) is 0. The van der Waals surface area contributed by atoms with E-state index in [1.807, 2.05) is 19.4 Å². The normalized spacial score (nSPS) is 17.5. The largest absolute Gasteiger partial charge is 0.462 e. The Hall–Kier alpha value is -3.12. The second-order valence-corrected chi connectivity index (χ2v) is 10.8. The van der Waals surface area contributed by atoms with Gasteiger partial charge in [-0.1, -0.05) is 39.0 Å². The van der Waals surface area contributed by atoms with Crippen molar-refractivity contribution in [1.82, 2.24) is 9.80 Å². The topological polar surface area (TPSA) is 121 Å². The number of esters is 2. The molecule has 2 aliphatic heterocycles. The maximum Gasteiger partial charge on any atom is 0.418 e. The first kappa shape index (κ1) is 35.1. The van der Waals surface area contributed by atoms with Gasteiger partial charge in [-0.3, -0.25) is 19.4 Å². The van der Waals surface area contributed by atoms with Gasteiger partial charge in [0.1, 0.15) is 25.6 Å². The Morgan fingerprint density at radius 3 is 1.69 bits per heavy atom. The first-order chi connectivity index (χ1) is 20.4. The smallest absolute Gasteiger partial charge is 0.418 e. The molecule has 2 atom stereocenters. The number of quaternary nitrogens is 2. The Labute approximate surface area is 250 Å². The van der Waals surface area contributed by atoms with Crippen LogP contribution in [0, 0.1) is 0 Å². The fourth-order valence-corrected chi connectivity index (χ4v) is 4.52. The van der Waals surface area contributed by atoms with E-state index in [1.165, 1.54) is 22.6 Å². The van der Waals surface area contributed by atoms with Gasteiger partial charge in [-0.15, -0.1) is 0 Å². The van der Waals surface area contributed by atoms with Crippen LogP contribution < -0.4 is 9.80 Å². The van der Waals surface area contributed by atoms with Crippen molar-refractivity contribution in [2.45, 2.75) is 90.4 Å². The molecule has 0 aliphatic carbocycles. The molecule has 12 nitrogen and oxygen atoms in total. The van der Waals surface area contributed by atoms with E-state index in [-0.39, 0.29) is 43.9 Å². The van der Waals surface area contributed by atoms with E-state index in [4.69, 9.17) is 18.9 Å². The molecule has 0 spiro atoms. The molecule has 0 aromatic carbocycles. The summed E-state index contributed by atoms with van der Waals surface area (Å²) in [6.07, 6.45) is 17.7. The van der Waals surface area contributed by atoms with Gasteiger partial charge in [0.05, 0.1) is 39.2 Å². The standard InChI is InChI=1S/C30H50N4O8/c1-3-4-5-6-9-14-27(35)39-23-24-40-28(36)15-10-7-8-11-16-32-18-20-34(26-32)30(38)42-22-13-12-21-41-29(37)33-19-17-31(2)25-33/h17-20H,3-16,21-26H2,1-2H3/p+2. The minimum atomic E-state index is -0.373. The molecule has 12 heteroatoms. The van der Waals surface area contributed by atoms with Crippen LogP contribution in [0.15, 0.2) is 24.8 Å². The molecule has 0 fully saturated rings. The highest BCUT2D eigenvalue weighted by molar-refractivity contribution is 5.70. The highest BCUT2D eigenvalue weighted by Gasteiger charge is 2.24. The van der Waals surface area contributed by atoms with Crippen LogP contribution in [0.5, 0.6) is 0 Å². The van der Waals surface area contributed by atoms with Crippen molar-refractivity contribution in [2.24, 2.45) is 0 Å². The Kier molecular flexibility index (Phi) is 18.0. The molecule has 2 rings (SSSR count). The highest BCUT2D eigenvalue weighted by atomic mass is 16.6. The van der Waals surface area contributed by atoms with Crippen LogP contribution in [0.3, 0.4) is 0 Å². The monoisotopic (exact) mass is 596 g/mol. The summed E-state index contributed by atoms with van der Waals surface area (Å²) in [7, 11) is 1.96. The van der Waals surface area contributed by atoms with Crippen LogP contribution in [0.1, 0.15) is 90.4 Å². The van der Waals surface area contributed by atoms with Gasteiger partial charge in [-0.2, -0.15) is 0 Å². The van der Waals surface area contributed by atoms with Crippen molar-refractivity contribution in [3.05, 3.63) is 24.8 Å². The Bertz CT molecular complexity index is 881. The van der Waals surface area contributed by atoms with Crippen molar-refractivity contribution in [1.29, 1.82) is 0 Å². The zero-order valence-corrected chi connectivity index (χ0v) is 25.6. The minimum absolute atomic E-state index is 0.106. The molecule has 0 bridgehead atoms. The van der Waals surface area contributed by atoms with Crippen molar-refractivity contribution in [2.75, 3.05) is 53.4 Å². The average Bonchev–Trinajstić information content (AvgIpc) is 3.64. The van der Waals surface area contributed by atoms with E-state index in [0.717, 1.165) is 56.4 Å². The number of hydrogen-bond acceptors (Lipinski definition) is 8. The number of nitrogens with one attached hydrogen (secondary N) is 2. The summed E-state index contributed by atoms with van der Waals surface area (Å²) in [5, 5.41) is 0. The molecule has 2 amide bonds. The number of hydrogen-bond donors (Lipinski definition) is 2. The molecule has 2 aliphatic rings. The second-order valence-electron chi connectivity index (χ2n) is 10.8. The van der Waals surface area contributed by atoms with Gasteiger partial charge in [0.25, 0.3) is 0 Å². The maximum atomic E-state index is 12.3. The molecule has 238 valence electrons. The van der Waals surface area contributed by atoms with Crippen LogP contribution in [0.25, 0.3) is 0 Å². The molecule has 2 heterocycles. The first-order valence-electron chi connectivity index (χ1n) is 15.6. The first-order valence-corrected chi connectivity index (χ1v) is 15.6. The number of rotatable bonds is 21. The molecular weight excluding hydrogens is 544 g/mol. The third-order valence-electron chi connectivity index (χ3n) is 7.00. The number of amides is 2. The number of unbranched alkanes of at least 4 members (excludes halogenated alkanes) is 8. The third-order valence-corrected chi connectivity index (χ3v) is 7.00. The zero-order chi connectivity index (χ0) is 30.4. The van der Waals surface area contributed by atoms with Crippen LogP contribution in [-0.4, -0.2) is 87.3 Å². The van der Waals surface area contributed by atoms with E-state index in [0.29, 0.717) is 45.6 Å². The fourth-order valence-electron chi connectivity index (χ4n) is 4.52. The Morgan fingerprint density at radius 1 is 0.619 bits per heavy atom. The van der Waals surface area contributed by atoms with Gasteiger partial charge in [-0.25, -0.2) is 19.4 Å². The van der Waals surface area contributed by atoms with E-state index in [9.17, 15) is 19.2 Å². The third kappa shape index (κ3) is 15.8.